The van der Waals surface area contributed by atoms with E-state index < -0.39 is 0 Å². The lowest BCUT2D eigenvalue weighted by Gasteiger charge is -2.03. The molecule has 78 heavy (non-hydrogen) atoms. The number of carbonyl (C=O) groups excluding carboxylic acids is 8. The van der Waals surface area contributed by atoms with Gasteiger partial charge in [0.25, 0.3) is 0 Å². The summed E-state index contributed by atoms with van der Waals surface area (Å²) in [5, 5.41) is 1.16. The van der Waals surface area contributed by atoms with E-state index in [1.165, 1.54) is 5.56 Å². The van der Waals surface area contributed by atoms with Gasteiger partial charge >= 0.3 is 0 Å². The van der Waals surface area contributed by atoms with Crippen molar-refractivity contribution in [3.63, 3.8) is 0 Å². The van der Waals surface area contributed by atoms with Crippen LogP contribution < -0.4 is 0 Å². The molecule has 0 aliphatic carbocycles. The smallest absolute Gasteiger partial charge is 0.162 e. The SMILES string of the molecule is CC(=O)c1cc(C)ccc1C.CC(=O)c1ccc(C)cc1C.CCC(=O)c1ccccc1CC.O=Cc1ccc(Br)cc1.O=Cc1ccc(Cl)cc1.O=Cc1ccccc1.O=Cc1ccccc1Br.O=Cc1ccccc1Cl. The van der Waals surface area contributed by atoms with Gasteiger partial charge in [-0.05, 0) is 107 Å². The van der Waals surface area contributed by atoms with Gasteiger partial charge in [0.15, 0.2) is 29.9 Å². The molecule has 0 amide bonds. The standard InChI is InChI=1S/C11H14O.2C10H12O.2C7H5BrO.2C7H5ClO.C7H6O/c1-3-9-7-5-6-8-10(9)11(12)4-2;1-7-4-5-10(9(3)11)8(2)6-7;1-7-4-5-8(2)10(6-7)9(3)11;8-7-3-1-6(5-9)2-4-7;8-7-4-2-1-3-6(7)5-9;8-7-3-1-6(5-9)2-4-7;8-7-4-2-1-3-6(7)5-9;8-6-7-4-2-1-3-5-7/h5-8H,3-4H2,1-2H3;2*4-6H,1-3H3;4*1-5H;1-6H. The number of Topliss-reactive ketones (excluding diaryl/α,β-unsaturated/α-hetero) is 3. The molecule has 0 unspecified atom stereocenters. The van der Waals surface area contributed by atoms with Gasteiger partial charge in [0.1, 0.15) is 18.9 Å². The van der Waals surface area contributed by atoms with Gasteiger partial charge in [-0.2, -0.15) is 0 Å². The van der Waals surface area contributed by atoms with Crippen molar-refractivity contribution in [3.8, 4) is 0 Å². The minimum Gasteiger partial charge on any atom is -0.298 e. The summed E-state index contributed by atoms with van der Waals surface area (Å²) in [6.07, 6.45) is 5.54. The van der Waals surface area contributed by atoms with Gasteiger partial charge in [0.05, 0.1) is 5.02 Å². The summed E-state index contributed by atoms with van der Waals surface area (Å²) in [4.78, 5) is 83.9. The minimum atomic E-state index is 0.141. The number of rotatable bonds is 10. The highest BCUT2D eigenvalue weighted by Gasteiger charge is 2.06. The van der Waals surface area contributed by atoms with Crippen LogP contribution >= 0.6 is 55.1 Å². The van der Waals surface area contributed by atoms with Gasteiger partial charge in [0.2, 0.25) is 0 Å². The molecule has 0 fully saturated rings. The molecule has 8 aromatic rings. The highest BCUT2D eigenvalue weighted by Crippen LogP contribution is 2.15. The van der Waals surface area contributed by atoms with Crippen molar-refractivity contribution in [1.82, 2.24) is 0 Å². The van der Waals surface area contributed by atoms with Gasteiger partial charge in [-0.25, -0.2) is 0 Å². The number of carbonyl (C=O) groups is 8. The van der Waals surface area contributed by atoms with E-state index in [2.05, 4.69) is 38.8 Å². The molecule has 8 nitrogen and oxygen atoms in total. The van der Waals surface area contributed by atoms with Crippen LogP contribution in [0.2, 0.25) is 10.0 Å². The summed E-state index contributed by atoms with van der Waals surface area (Å²) in [5.41, 5.74) is 11.5. The summed E-state index contributed by atoms with van der Waals surface area (Å²) in [6, 6.07) is 56.8. The second kappa shape index (κ2) is 40.0. The van der Waals surface area contributed by atoms with Crippen LogP contribution in [0.1, 0.15) is 145 Å². The van der Waals surface area contributed by atoms with Gasteiger partial charge in [-0.3, -0.25) is 38.4 Å². The first-order valence-electron chi connectivity index (χ1n) is 24.4. The van der Waals surface area contributed by atoms with Crippen LogP contribution in [0.25, 0.3) is 0 Å². The minimum absolute atomic E-state index is 0.141. The zero-order valence-corrected chi connectivity index (χ0v) is 49.7. The zero-order valence-electron chi connectivity index (χ0n) is 45.0. The number of aryl methyl sites for hydroxylation is 5. The molecule has 8 aromatic carbocycles. The average Bonchev–Trinajstić information content (AvgIpc) is 3.45. The Morgan fingerprint density at radius 3 is 1.33 bits per heavy atom. The summed E-state index contributed by atoms with van der Waals surface area (Å²) in [6.45, 7) is 15.1. The predicted molar refractivity (Wildman–Crippen MR) is 327 cm³/mol. The maximum absolute atomic E-state index is 11.4. The molecule has 0 aromatic heterocycles. The predicted octanol–water partition coefficient (Wildman–Crippen LogP) is 18.2. The van der Waals surface area contributed by atoms with E-state index in [1.807, 2.05) is 144 Å². The van der Waals surface area contributed by atoms with Crippen LogP contribution in [0, 0.1) is 27.7 Å². The molecule has 12 heteroatoms. The summed E-state index contributed by atoms with van der Waals surface area (Å²) in [7, 11) is 0. The number of hydrogen-bond acceptors (Lipinski definition) is 8. The van der Waals surface area contributed by atoms with E-state index in [4.69, 9.17) is 23.2 Å². The van der Waals surface area contributed by atoms with E-state index in [1.54, 1.807) is 92.7 Å². The molecule has 0 spiro atoms. The lowest BCUT2D eigenvalue weighted by atomic mass is 10.0. The number of aldehydes is 5. The van der Waals surface area contributed by atoms with Crippen LogP contribution in [-0.2, 0) is 6.42 Å². The Hall–Kier alpha value is -7.34. The largest absolute Gasteiger partial charge is 0.298 e. The Morgan fingerprint density at radius 1 is 0.436 bits per heavy atom. The second-order valence-electron chi connectivity index (χ2n) is 16.7. The van der Waals surface area contributed by atoms with Crippen molar-refractivity contribution in [3.05, 3.63) is 279 Å². The molecule has 0 radical (unpaired) electrons. The van der Waals surface area contributed by atoms with Crippen LogP contribution in [0.4, 0.5) is 0 Å². The molecule has 0 N–H and O–H groups in total. The van der Waals surface area contributed by atoms with Crippen molar-refractivity contribution in [1.29, 1.82) is 0 Å². The lowest BCUT2D eigenvalue weighted by Crippen LogP contribution is -2.00. The van der Waals surface area contributed by atoms with E-state index >= 15 is 0 Å². The van der Waals surface area contributed by atoms with E-state index in [0.717, 1.165) is 91.3 Å². The normalized spacial score (nSPS) is 9.28. The third-order valence-corrected chi connectivity index (χ3v) is 12.4. The number of halogens is 4. The summed E-state index contributed by atoms with van der Waals surface area (Å²) in [5.74, 6) is 0.529. The first-order chi connectivity index (χ1) is 37.3. The monoisotopic (exact) mass is 1210 g/mol. The number of benzene rings is 8. The highest BCUT2D eigenvalue weighted by molar-refractivity contribution is 9.10. The Labute approximate surface area is 486 Å². The van der Waals surface area contributed by atoms with Gasteiger partial charge < -0.3 is 0 Å². The van der Waals surface area contributed by atoms with E-state index in [-0.39, 0.29) is 17.3 Å². The zero-order chi connectivity index (χ0) is 58.4. The molecule has 0 heterocycles. The Bertz CT molecular complexity index is 3040. The maximum Gasteiger partial charge on any atom is 0.162 e. The first kappa shape index (κ1) is 68.7. The quantitative estimate of drug-likeness (QED) is 0.0975. The Kier molecular flexibility index (Phi) is 35.2. The van der Waals surface area contributed by atoms with Crippen molar-refractivity contribution in [2.24, 2.45) is 0 Å². The van der Waals surface area contributed by atoms with Crippen molar-refractivity contribution in [2.45, 2.75) is 68.2 Å². The number of ketones is 3. The van der Waals surface area contributed by atoms with Crippen LogP contribution in [-0.4, -0.2) is 48.8 Å². The fourth-order valence-corrected chi connectivity index (χ4v) is 7.32. The lowest BCUT2D eigenvalue weighted by molar-refractivity contribution is 0.0983. The summed E-state index contributed by atoms with van der Waals surface area (Å²) < 4.78 is 1.84. The fraction of sp³-hybridized carbons (Fsp3) is 0.152. The molecular weight excluding hydrogens is 1150 g/mol. The van der Waals surface area contributed by atoms with E-state index in [9.17, 15) is 38.4 Å². The molecule has 0 aliphatic rings. The van der Waals surface area contributed by atoms with Crippen molar-refractivity contribution < 1.29 is 38.4 Å². The van der Waals surface area contributed by atoms with E-state index in [0.29, 0.717) is 38.7 Å². The molecule has 0 aliphatic heterocycles. The summed E-state index contributed by atoms with van der Waals surface area (Å²) >= 11 is 17.6. The topological polar surface area (TPSA) is 137 Å². The molecule has 404 valence electrons. The third kappa shape index (κ3) is 28.2. The fourth-order valence-electron chi connectivity index (χ4n) is 6.37. The average molecular weight is 1220 g/mol. The number of hydrogen-bond donors (Lipinski definition) is 0. The van der Waals surface area contributed by atoms with Crippen LogP contribution in [0.5, 0.6) is 0 Å². The van der Waals surface area contributed by atoms with Crippen LogP contribution in [0.3, 0.4) is 0 Å². The molecule has 0 atom stereocenters. The maximum atomic E-state index is 11.4. The van der Waals surface area contributed by atoms with Gasteiger partial charge in [-0.15, -0.1) is 0 Å². The molecule has 8 rings (SSSR count). The van der Waals surface area contributed by atoms with Crippen molar-refractivity contribution >= 4 is 104 Å². The first-order valence-corrected chi connectivity index (χ1v) is 26.7. The molecule has 0 saturated heterocycles. The van der Waals surface area contributed by atoms with Crippen LogP contribution in [0.15, 0.2) is 197 Å². The second-order valence-corrected chi connectivity index (χ2v) is 19.3. The van der Waals surface area contributed by atoms with Gasteiger partial charge in [0, 0.05) is 64.9 Å². The Balaban J connectivity index is 0.000000447. The Morgan fingerprint density at radius 2 is 0.897 bits per heavy atom. The highest BCUT2D eigenvalue weighted by atomic mass is 79.9. The van der Waals surface area contributed by atoms with Crippen molar-refractivity contribution in [2.75, 3.05) is 0 Å². The molecule has 0 saturated carbocycles. The molecular formula is C66H64Br2Cl2O8. The van der Waals surface area contributed by atoms with Gasteiger partial charge in [-0.1, -0.05) is 226 Å². The molecule has 0 bridgehead atoms. The third-order valence-electron chi connectivity index (χ3n) is 10.6.